The van der Waals surface area contributed by atoms with E-state index >= 15 is 0 Å². The molecular formula is C17H24N2O3. The van der Waals surface area contributed by atoms with E-state index in [-0.39, 0.29) is 18.2 Å². The molecule has 2 rings (SSSR count). The van der Waals surface area contributed by atoms with Crippen molar-refractivity contribution in [2.45, 2.75) is 58.1 Å². The van der Waals surface area contributed by atoms with Gasteiger partial charge in [-0.3, -0.25) is 4.79 Å². The number of urea groups is 1. The molecule has 0 radical (unpaired) electrons. The lowest BCUT2D eigenvalue weighted by Crippen LogP contribution is -2.39. The highest BCUT2D eigenvalue weighted by atomic mass is 16.5. The van der Waals surface area contributed by atoms with E-state index in [1.807, 2.05) is 13.8 Å². The smallest absolute Gasteiger partial charge is 0.319 e. The number of hydrogen-bond donors (Lipinski definition) is 2. The molecule has 1 aromatic carbocycles. The van der Waals surface area contributed by atoms with Crippen LogP contribution in [0.2, 0.25) is 0 Å². The summed E-state index contributed by atoms with van der Waals surface area (Å²) >= 11 is 0. The van der Waals surface area contributed by atoms with Gasteiger partial charge < -0.3 is 15.4 Å². The highest BCUT2D eigenvalue weighted by molar-refractivity contribution is 5.92. The van der Waals surface area contributed by atoms with E-state index in [1.54, 1.807) is 18.2 Å². The third-order valence-corrected chi connectivity index (χ3v) is 3.69. The molecule has 0 unspecified atom stereocenters. The van der Waals surface area contributed by atoms with Gasteiger partial charge in [-0.1, -0.05) is 19.3 Å². The number of carbonyl (C=O) groups excluding carboxylic acids is 2. The van der Waals surface area contributed by atoms with Crippen LogP contribution in [0.15, 0.2) is 18.2 Å². The molecule has 0 heterocycles. The lowest BCUT2D eigenvalue weighted by molar-refractivity contribution is 0.112. The third kappa shape index (κ3) is 4.76. The number of benzene rings is 1. The average Bonchev–Trinajstić information content (AvgIpc) is 2.49. The van der Waals surface area contributed by atoms with Gasteiger partial charge in [0.25, 0.3) is 0 Å². The molecule has 2 amide bonds. The van der Waals surface area contributed by atoms with E-state index in [9.17, 15) is 9.59 Å². The zero-order chi connectivity index (χ0) is 15.9. The zero-order valence-corrected chi connectivity index (χ0v) is 13.2. The van der Waals surface area contributed by atoms with Gasteiger partial charge in [-0.25, -0.2) is 4.79 Å². The second-order valence-corrected chi connectivity index (χ2v) is 5.97. The van der Waals surface area contributed by atoms with Crippen molar-refractivity contribution < 1.29 is 14.3 Å². The van der Waals surface area contributed by atoms with E-state index in [2.05, 4.69) is 10.6 Å². The summed E-state index contributed by atoms with van der Waals surface area (Å²) in [6.07, 6.45) is 6.36. The van der Waals surface area contributed by atoms with Gasteiger partial charge in [0.05, 0.1) is 11.8 Å². The van der Waals surface area contributed by atoms with Crippen molar-refractivity contribution in [3.05, 3.63) is 23.8 Å². The molecule has 0 saturated heterocycles. The maximum absolute atomic E-state index is 12.2. The Labute approximate surface area is 131 Å². The van der Waals surface area contributed by atoms with Crippen LogP contribution in [0.25, 0.3) is 0 Å². The molecule has 0 bridgehead atoms. The SMILES string of the molecule is CC(C)Oc1ccc(C=O)cc1NC(=O)NC1CCCCC1. The number of hydrogen-bond acceptors (Lipinski definition) is 3. The molecule has 5 nitrogen and oxygen atoms in total. The van der Waals surface area contributed by atoms with Gasteiger partial charge in [-0.2, -0.15) is 0 Å². The molecule has 0 atom stereocenters. The Balaban J connectivity index is 2.05. The molecular weight excluding hydrogens is 280 g/mol. The van der Waals surface area contributed by atoms with Crippen LogP contribution in [0.4, 0.5) is 10.5 Å². The van der Waals surface area contributed by atoms with Crippen LogP contribution < -0.4 is 15.4 Å². The summed E-state index contributed by atoms with van der Waals surface area (Å²) < 4.78 is 5.68. The van der Waals surface area contributed by atoms with Crippen molar-refractivity contribution >= 4 is 18.0 Å². The van der Waals surface area contributed by atoms with Crippen LogP contribution >= 0.6 is 0 Å². The molecule has 0 aromatic heterocycles. The van der Waals surface area contributed by atoms with Crippen LogP contribution in [-0.4, -0.2) is 24.5 Å². The van der Waals surface area contributed by atoms with Crippen LogP contribution in [0.5, 0.6) is 5.75 Å². The van der Waals surface area contributed by atoms with E-state index in [4.69, 9.17) is 4.74 Å². The standard InChI is InChI=1S/C17H24N2O3/c1-12(2)22-16-9-8-13(11-20)10-15(16)19-17(21)18-14-6-4-3-5-7-14/h8-12,14H,3-7H2,1-2H3,(H2,18,19,21). The lowest BCUT2D eigenvalue weighted by atomic mass is 9.96. The van der Waals surface area contributed by atoms with E-state index in [1.165, 1.54) is 6.42 Å². The summed E-state index contributed by atoms with van der Waals surface area (Å²) in [6, 6.07) is 5.00. The molecule has 1 fully saturated rings. The first-order valence-corrected chi connectivity index (χ1v) is 7.92. The maximum atomic E-state index is 12.2. The van der Waals surface area contributed by atoms with Crippen LogP contribution in [-0.2, 0) is 0 Å². The van der Waals surface area contributed by atoms with Gasteiger partial charge in [-0.05, 0) is 44.9 Å². The quantitative estimate of drug-likeness (QED) is 0.814. The fraction of sp³-hybridized carbons (Fsp3) is 0.529. The van der Waals surface area contributed by atoms with E-state index < -0.39 is 0 Å². The third-order valence-electron chi connectivity index (χ3n) is 3.69. The molecule has 0 aliphatic heterocycles. The molecule has 1 aliphatic carbocycles. The predicted molar refractivity (Wildman–Crippen MR) is 86.6 cm³/mol. The van der Waals surface area contributed by atoms with Crippen LogP contribution in [0.1, 0.15) is 56.3 Å². The van der Waals surface area contributed by atoms with Gasteiger partial charge in [-0.15, -0.1) is 0 Å². The van der Waals surface area contributed by atoms with Gasteiger partial charge in [0.1, 0.15) is 12.0 Å². The molecule has 1 saturated carbocycles. The average molecular weight is 304 g/mol. The van der Waals surface area contributed by atoms with Crippen molar-refractivity contribution in [3.63, 3.8) is 0 Å². The second-order valence-electron chi connectivity index (χ2n) is 5.97. The first kappa shape index (κ1) is 16.3. The minimum absolute atomic E-state index is 0.0102. The monoisotopic (exact) mass is 304 g/mol. The van der Waals surface area contributed by atoms with Gasteiger partial charge >= 0.3 is 6.03 Å². The van der Waals surface area contributed by atoms with Crippen molar-refractivity contribution in [1.29, 1.82) is 0 Å². The van der Waals surface area contributed by atoms with E-state index in [0.29, 0.717) is 17.0 Å². The van der Waals surface area contributed by atoms with Crippen molar-refractivity contribution in [2.24, 2.45) is 0 Å². The molecule has 120 valence electrons. The first-order chi connectivity index (χ1) is 10.6. The summed E-state index contributed by atoms with van der Waals surface area (Å²) in [7, 11) is 0. The van der Waals surface area contributed by atoms with Crippen molar-refractivity contribution in [2.75, 3.05) is 5.32 Å². The Bertz CT molecular complexity index is 523. The molecule has 2 N–H and O–H groups in total. The molecule has 1 aliphatic rings. The molecule has 1 aromatic rings. The largest absolute Gasteiger partial charge is 0.489 e. The van der Waals surface area contributed by atoms with Crippen LogP contribution in [0, 0.1) is 0 Å². The number of amides is 2. The normalized spacial score (nSPS) is 15.4. The highest BCUT2D eigenvalue weighted by Gasteiger charge is 2.17. The Hall–Kier alpha value is -2.04. The number of carbonyl (C=O) groups is 2. The van der Waals surface area contributed by atoms with Gasteiger partial charge in [0, 0.05) is 11.6 Å². The summed E-state index contributed by atoms with van der Waals surface area (Å²) in [4.78, 5) is 23.1. The van der Waals surface area contributed by atoms with Gasteiger partial charge in [0.2, 0.25) is 0 Å². The topological polar surface area (TPSA) is 67.4 Å². The number of nitrogens with one attached hydrogen (secondary N) is 2. The Kier molecular flexibility index (Phi) is 5.81. The van der Waals surface area contributed by atoms with Crippen molar-refractivity contribution in [1.82, 2.24) is 5.32 Å². The fourth-order valence-electron chi connectivity index (χ4n) is 2.67. The summed E-state index contributed by atoms with van der Waals surface area (Å²) in [5.74, 6) is 0.569. The van der Waals surface area contributed by atoms with Gasteiger partial charge in [0.15, 0.2) is 0 Å². The Morgan fingerprint density at radius 3 is 2.64 bits per heavy atom. The maximum Gasteiger partial charge on any atom is 0.319 e. The number of ether oxygens (including phenoxy) is 1. The summed E-state index contributed by atoms with van der Waals surface area (Å²) in [5, 5.41) is 5.80. The molecule has 0 spiro atoms. The fourth-order valence-corrected chi connectivity index (χ4v) is 2.67. The number of anilines is 1. The van der Waals surface area contributed by atoms with Crippen LogP contribution in [0.3, 0.4) is 0 Å². The minimum Gasteiger partial charge on any atom is -0.489 e. The molecule has 5 heteroatoms. The number of aldehydes is 1. The first-order valence-electron chi connectivity index (χ1n) is 7.92. The van der Waals surface area contributed by atoms with E-state index in [0.717, 1.165) is 32.0 Å². The Morgan fingerprint density at radius 1 is 1.27 bits per heavy atom. The zero-order valence-electron chi connectivity index (χ0n) is 13.2. The summed E-state index contributed by atoms with van der Waals surface area (Å²) in [6.45, 7) is 3.83. The molecule has 22 heavy (non-hydrogen) atoms. The Morgan fingerprint density at radius 2 is 2.00 bits per heavy atom. The minimum atomic E-state index is -0.247. The highest BCUT2D eigenvalue weighted by Crippen LogP contribution is 2.26. The number of rotatable bonds is 5. The van der Waals surface area contributed by atoms with Crippen molar-refractivity contribution in [3.8, 4) is 5.75 Å². The second kappa shape index (κ2) is 7.82. The predicted octanol–water partition coefficient (Wildman–Crippen LogP) is 3.74. The summed E-state index contributed by atoms with van der Waals surface area (Å²) in [5.41, 5.74) is 1.02. The lowest BCUT2D eigenvalue weighted by Gasteiger charge is -2.23.